The van der Waals surface area contributed by atoms with E-state index < -0.39 is 5.79 Å². The Balaban J connectivity index is 1.33. The lowest BCUT2D eigenvalue weighted by Crippen LogP contribution is -2.42. The second-order valence-electron chi connectivity index (χ2n) is 11.1. The molecule has 2 aliphatic rings. The molecule has 1 amide bonds. The van der Waals surface area contributed by atoms with E-state index in [1.807, 2.05) is 56.3 Å². The minimum absolute atomic E-state index is 0.121. The van der Waals surface area contributed by atoms with Gasteiger partial charge in [-0.3, -0.25) is 4.79 Å². The van der Waals surface area contributed by atoms with Crippen molar-refractivity contribution in [3.8, 4) is 11.5 Å². The van der Waals surface area contributed by atoms with Gasteiger partial charge in [0.1, 0.15) is 11.5 Å². The molecule has 202 valence electrons. The van der Waals surface area contributed by atoms with Crippen LogP contribution in [-0.2, 0) is 15.3 Å². The van der Waals surface area contributed by atoms with E-state index in [9.17, 15) is 9.90 Å². The number of amides is 1. The Kier molecular flexibility index (Phi) is 9.27. The van der Waals surface area contributed by atoms with E-state index in [2.05, 4.69) is 4.90 Å². The Morgan fingerprint density at radius 1 is 1.08 bits per heavy atom. The van der Waals surface area contributed by atoms with Crippen LogP contribution in [0.2, 0.25) is 0 Å². The summed E-state index contributed by atoms with van der Waals surface area (Å²) in [5, 5.41) is 11.5. The van der Waals surface area contributed by atoms with Crippen molar-refractivity contribution in [3.05, 3.63) is 59.2 Å². The summed E-state index contributed by atoms with van der Waals surface area (Å²) in [6, 6.07) is 13.8. The largest absolute Gasteiger partial charge is 0.456 e. The Labute approximate surface area is 222 Å². The summed E-state index contributed by atoms with van der Waals surface area (Å²) < 4.78 is 12.0. The summed E-state index contributed by atoms with van der Waals surface area (Å²) in [7, 11) is 1.55. The van der Waals surface area contributed by atoms with Crippen LogP contribution in [0, 0.1) is 25.7 Å². The third-order valence-electron chi connectivity index (χ3n) is 8.30. The number of aryl methyl sites for hydroxylation is 2. The topological polar surface area (TPSA) is 85.0 Å². The number of likely N-dealkylation sites (tertiary alicyclic amines) is 1. The molecule has 1 heterocycles. The molecular weight excluding hydrogens is 464 g/mol. The number of methoxy groups -OCH3 is 1. The zero-order chi connectivity index (χ0) is 26.4. The molecule has 37 heavy (non-hydrogen) atoms. The fourth-order valence-corrected chi connectivity index (χ4v) is 6.09. The predicted octanol–water partition coefficient (Wildman–Crippen LogP) is 5.81. The van der Waals surface area contributed by atoms with Gasteiger partial charge >= 0.3 is 0 Å². The zero-order valence-electron chi connectivity index (χ0n) is 22.7. The first-order valence-electron chi connectivity index (χ1n) is 14.0. The number of para-hydroxylation sites is 2. The Hall–Kier alpha value is -2.41. The molecule has 1 aliphatic carbocycles. The molecule has 0 spiro atoms. The van der Waals surface area contributed by atoms with Crippen molar-refractivity contribution in [2.45, 2.75) is 83.5 Å². The maximum Gasteiger partial charge on any atom is 0.225 e. The number of rotatable bonds is 10. The number of piperidine rings is 1. The van der Waals surface area contributed by atoms with Gasteiger partial charge in [-0.2, -0.15) is 0 Å². The average Bonchev–Trinajstić information content (AvgIpc) is 3.35. The van der Waals surface area contributed by atoms with Crippen LogP contribution in [0.25, 0.3) is 0 Å². The molecule has 1 saturated heterocycles. The molecule has 3 N–H and O–H groups in total. The van der Waals surface area contributed by atoms with Crippen molar-refractivity contribution in [1.82, 2.24) is 4.90 Å². The molecule has 2 fully saturated rings. The van der Waals surface area contributed by atoms with E-state index in [1.54, 1.807) is 7.11 Å². The van der Waals surface area contributed by atoms with Crippen molar-refractivity contribution < 1.29 is 19.4 Å². The van der Waals surface area contributed by atoms with Crippen LogP contribution in [0.15, 0.2) is 42.5 Å². The first-order chi connectivity index (χ1) is 17.8. The highest BCUT2D eigenvalue weighted by Gasteiger charge is 2.34. The molecule has 0 aromatic heterocycles. The van der Waals surface area contributed by atoms with Gasteiger partial charge in [0.05, 0.1) is 5.56 Å². The fourth-order valence-electron chi connectivity index (χ4n) is 6.09. The van der Waals surface area contributed by atoms with Crippen LogP contribution >= 0.6 is 0 Å². The molecule has 4 rings (SSSR count). The van der Waals surface area contributed by atoms with E-state index in [1.165, 1.54) is 0 Å². The second-order valence-corrected chi connectivity index (χ2v) is 11.1. The second kappa shape index (κ2) is 12.4. The van der Waals surface area contributed by atoms with Crippen molar-refractivity contribution in [2.24, 2.45) is 17.6 Å². The third kappa shape index (κ3) is 6.73. The van der Waals surface area contributed by atoms with Crippen molar-refractivity contribution in [2.75, 3.05) is 20.2 Å². The molecule has 6 heteroatoms. The smallest absolute Gasteiger partial charge is 0.225 e. The first kappa shape index (κ1) is 27.6. The Bertz CT molecular complexity index is 1040. The minimum Gasteiger partial charge on any atom is -0.456 e. The average molecular weight is 509 g/mol. The molecule has 0 radical (unpaired) electrons. The van der Waals surface area contributed by atoms with Gasteiger partial charge in [-0.15, -0.1) is 0 Å². The molecule has 1 aliphatic heterocycles. The molecule has 0 bridgehead atoms. The highest BCUT2D eigenvalue weighted by Crippen LogP contribution is 2.39. The number of ether oxygens (including phenoxy) is 2. The van der Waals surface area contributed by atoms with Crippen molar-refractivity contribution in [1.29, 1.82) is 0 Å². The van der Waals surface area contributed by atoms with Crippen LogP contribution in [0.3, 0.4) is 0 Å². The monoisotopic (exact) mass is 508 g/mol. The van der Waals surface area contributed by atoms with Gasteiger partial charge in [0.15, 0.2) is 5.79 Å². The number of carbonyl (C=O) groups excluding carboxylic acids is 1. The maximum atomic E-state index is 13.0. The fraction of sp³-hybridized carbons (Fsp3) is 0.581. The van der Waals surface area contributed by atoms with Crippen LogP contribution in [-0.4, -0.2) is 42.2 Å². The quantitative estimate of drug-likeness (QED) is 0.312. The number of benzene rings is 2. The molecule has 1 saturated carbocycles. The maximum absolute atomic E-state index is 13.0. The molecular formula is C31H44N2O4. The SMILES string of the molecule is COC(O)(CCCCC1CCCN(C(=O)C2CCC(N)C2)C1)c1ccccc1Oc1c(C)cccc1C. The van der Waals surface area contributed by atoms with E-state index in [0.717, 1.165) is 81.3 Å². The summed E-state index contributed by atoms with van der Waals surface area (Å²) in [4.78, 5) is 15.0. The van der Waals surface area contributed by atoms with Crippen LogP contribution in [0.5, 0.6) is 11.5 Å². The number of aliphatic hydroxyl groups is 1. The highest BCUT2D eigenvalue weighted by atomic mass is 16.6. The summed E-state index contributed by atoms with van der Waals surface area (Å²) in [6.07, 6.45) is 8.30. The summed E-state index contributed by atoms with van der Waals surface area (Å²) >= 11 is 0. The van der Waals surface area contributed by atoms with Gasteiger partial charge in [0.2, 0.25) is 5.91 Å². The number of nitrogens with two attached hydrogens (primary N) is 1. The van der Waals surface area contributed by atoms with Crippen LogP contribution in [0.4, 0.5) is 0 Å². The molecule has 2 aromatic carbocycles. The molecule has 4 atom stereocenters. The summed E-state index contributed by atoms with van der Waals surface area (Å²) in [6.45, 7) is 5.78. The van der Waals surface area contributed by atoms with E-state index >= 15 is 0 Å². The zero-order valence-corrected chi connectivity index (χ0v) is 22.7. The van der Waals surface area contributed by atoms with E-state index in [4.69, 9.17) is 15.2 Å². The standard InChI is InChI=1S/C31H44N2O4/c1-22-10-8-11-23(2)29(22)37-28-15-5-4-14-27(28)31(35,36-3)18-7-6-12-24-13-9-19-33(21-24)30(34)25-16-17-26(32)20-25/h4-5,8,10-11,14-15,24-26,35H,6-7,9,12-13,16-21,32H2,1-3H3. The minimum atomic E-state index is -1.43. The van der Waals surface area contributed by atoms with Crippen molar-refractivity contribution >= 4 is 5.91 Å². The van der Waals surface area contributed by atoms with Gasteiger partial charge < -0.3 is 25.2 Å². The van der Waals surface area contributed by atoms with E-state index in [-0.39, 0.29) is 12.0 Å². The first-order valence-corrected chi connectivity index (χ1v) is 14.0. The van der Waals surface area contributed by atoms with E-state index in [0.29, 0.717) is 29.6 Å². The Morgan fingerprint density at radius 2 is 1.84 bits per heavy atom. The summed E-state index contributed by atoms with van der Waals surface area (Å²) in [5.74, 6) is 0.941. The lowest BCUT2D eigenvalue weighted by Gasteiger charge is -2.34. The van der Waals surface area contributed by atoms with Gasteiger partial charge in [0, 0.05) is 38.6 Å². The lowest BCUT2D eigenvalue weighted by molar-refractivity contribution is -0.200. The highest BCUT2D eigenvalue weighted by molar-refractivity contribution is 5.79. The Morgan fingerprint density at radius 3 is 2.54 bits per heavy atom. The molecule has 2 aromatic rings. The number of hydrogen-bond acceptors (Lipinski definition) is 5. The van der Waals surface area contributed by atoms with Crippen molar-refractivity contribution in [3.63, 3.8) is 0 Å². The molecule has 4 unspecified atom stereocenters. The number of hydrogen-bond donors (Lipinski definition) is 2. The van der Waals surface area contributed by atoms with Crippen LogP contribution < -0.4 is 10.5 Å². The summed E-state index contributed by atoms with van der Waals surface area (Å²) in [5.41, 5.74) is 8.78. The number of unbranched alkanes of at least 4 members (excludes halogenated alkanes) is 1. The van der Waals surface area contributed by atoms with Gasteiger partial charge in [-0.25, -0.2) is 0 Å². The van der Waals surface area contributed by atoms with Gasteiger partial charge in [-0.05, 0) is 88.0 Å². The predicted molar refractivity (Wildman–Crippen MR) is 146 cm³/mol. The third-order valence-corrected chi connectivity index (χ3v) is 8.30. The van der Waals surface area contributed by atoms with Gasteiger partial charge in [0.25, 0.3) is 0 Å². The number of nitrogens with zero attached hydrogens (tertiary/aromatic N) is 1. The van der Waals surface area contributed by atoms with Crippen LogP contribution in [0.1, 0.15) is 74.5 Å². The van der Waals surface area contributed by atoms with Gasteiger partial charge in [-0.1, -0.05) is 36.8 Å². The normalized spacial score (nSPS) is 23.6. The molecule has 6 nitrogen and oxygen atoms in total. The number of carbonyl (C=O) groups is 1. The lowest BCUT2D eigenvalue weighted by atomic mass is 9.90.